The number of nitrogens with two attached hydrogens (primary N) is 1. The molecule has 0 radical (unpaired) electrons. The van der Waals surface area contributed by atoms with Crippen LogP contribution in [-0.2, 0) is 4.79 Å². The van der Waals surface area contributed by atoms with Crippen molar-refractivity contribution in [3.05, 3.63) is 23.8 Å². The molecule has 0 fully saturated rings. The van der Waals surface area contributed by atoms with E-state index in [1.807, 2.05) is 13.0 Å². The highest BCUT2D eigenvalue weighted by Gasteiger charge is 2.27. The van der Waals surface area contributed by atoms with Crippen LogP contribution in [-0.4, -0.2) is 18.6 Å². The molecule has 0 aliphatic heterocycles. The summed E-state index contributed by atoms with van der Waals surface area (Å²) in [5, 5.41) is 0. The lowest BCUT2D eigenvalue weighted by atomic mass is 10.1. The minimum atomic E-state index is -1.01. The van der Waals surface area contributed by atoms with E-state index in [4.69, 9.17) is 15.2 Å². The van der Waals surface area contributed by atoms with Gasteiger partial charge in [0.15, 0.2) is 5.60 Å². The third kappa shape index (κ3) is 2.66. The van der Waals surface area contributed by atoms with Crippen LogP contribution >= 0.6 is 0 Å². The molecular weight excluding hydrogens is 206 g/mol. The van der Waals surface area contributed by atoms with E-state index in [1.54, 1.807) is 33.1 Å². The lowest BCUT2D eigenvalue weighted by molar-refractivity contribution is -0.130. The molecule has 0 unspecified atom stereocenters. The fraction of sp³-hybridized carbons (Fsp3) is 0.417. The standard InChI is InChI=1S/C12H17NO3/c1-8-7-9(15-4)5-6-10(8)16-12(2,3)11(13)14/h5-7H,1-4H3,(H2,13,14). The van der Waals surface area contributed by atoms with E-state index in [0.717, 1.165) is 11.3 Å². The molecule has 0 atom stereocenters. The van der Waals surface area contributed by atoms with Crippen molar-refractivity contribution < 1.29 is 14.3 Å². The molecule has 1 aromatic carbocycles. The molecule has 1 amide bonds. The predicted molar refractivity (Wildman–Crippen MR) is 61.6 cm³/mol. The SMILES string of the molecule is COc1ccc(OC(C)(C)C(N)=O)c(C)c1. The van der Waals surface area contributed by atoms with Crippen molar-refractivity contribution in [1.82, 2.24) is 0 Å². The third-order valence-electron chi connectivity index (χ3n) is 2.34. The zero-order valence-corrected chi connectivity index (χ0v) is 10.0. The van der Waals surface area contributed by atoms with Crippen LogP contribution in [0.5, 0.6) is 11.5 Å². The first kappa shape index (κ1) is 12.4. The van der Waals surface area contributed by atoms with E-state index < -0.39 is 11.5 Å². The predicted octanol–water partition coefficient (Wildman–Crippen LogP) is 1.65. The first-order valence-electron chi connectivity index (χ1n) is 5.00. The number of carbonyl (C=O) groups excluding carboxylic acids is 1. The second-order valence-electron chi connectivity index (χ2n) is 4.11. The summed E-state index contributed by atoms with van der Waals surface area (Å²) in [6.45, 7) is 5.16. The molecule has 4 heteroatoms. The molecule has 0 bridgehead atoms. The molecule has 0 heterocycles. The van der Waals surface area contributed by atoms with E-state index in [9.17, 15) is 4.79 Å². The Morgan fingerprint density at radius 1 is 1.38 bits per heavy atom. The molecule has 0 aliphatic carbocycles. The first-order valence-corrected chi connectivity index (χ1v) is 5.00. The van der Waals surface area contributed by atoms with Crippen LogP contribution in [0.15, 0.2) is 18.2 Å². The van der Waals surface area contributed by atoms with E-state index in [0.29, 0.717) is 5.75 Å². The van der Waals surface area contributed by atoms with E-state index in [1.165, 1.54) is 0 Å². The van der Waals surface area contributed by atoms with Gasteiger partial charge in [-0.05, 0) is 44.5 Å². The van der Waals surface area contributed by atoms with Gasteiger partial charge >= 0.3 is 0 Å². The number of amides is 1. The number of benzene rings is 1. The van der Waals surface area contributed by atoms with Crippen LogP contribution < -0.4 is 15.2 Å². The number of methoxy groups -OCH3 is 1. The van der Waals surface area contributed by atoms with Crippen LogP contribution in [0.1, 0.15) is 19.4 Å². The van der Waals surface area contributed by atoms with Gasteiger partial charge in [0, 0.05) is 0 Å². The van der Waals surface area contributed by atoms with E-state index >= 15 is 0 Å². The van der Waals surface area contributed by atoms with Crippen LogP contribution in [0, 0.1) is 6.92 Å². The van der Waals surface area contributed by atoms with Crippen molar-refractivity contribution in [3.63, 3.8) is 0 Å². The van der Waals surface area contributed by atoms with Crippen molar-refractivity contribution >= 4 is 5.91 Å². The smallest absolute Gasteiger partial charge is 0.261 e. The summed E-state index contributed by atoms with van der Waals surface area (Å²) >= 11 is 0. The lowest BCUT2D eigenvalue weighted by Crippen LogP contribution is -2.43. The summed E-state index contributed by atoms with van der Waals surface area (Å²) in [5.41, 5.74) is 5.12. The zero-order valence-electron chi connectivity index (χ0n) is 10.0. The highest BCUT2D eigenvalue weighted by molar-refractivity contribution is 5.82. The van der Waals surface area contributed by atoms with Crippen molar-refractivity contribution in [2.24, 2.45) is 5.73 Å². The van der Waals surface area contributed by atoms with Gasteiger partial charge in [0.2, 0.25) is 0 Å². The van der Waals surface area contributed by atoms with Crippen molar-refractivity contribution in [1.29, 1.82) is 0 Å². The van der Waals surface area contributed by atoms with Gasteiger partial charge in [0.05, 0.1) is 7.11 Å². The van der Waals surface area contributed by atoms with Gasteiger partial charge < -0.3 is 15.2 Å². The largest absolute Gasteiger partial charge is 0.497 e. The number of aryl methyl sites for hydroxylation is 1. The molecule has 16 heavy (non-hydrogen) atoms. The quantitative estimate of drug-likeness (QED) is 0.844. The molecular formula is C12H17NO3. The van der Waals surface area contributed by atoms with Gasteiger partial charge in [-0.1, -0.05) is 0 Å². The Hall–Kier alpha value is -1.71. The number of primary amides is 1. The minimum Gasteiger partial charge on any atom is -0.497 e. The fourth-order valence-electron chi connectivity index (χ4n) is 1.19. The average Bonchev–Trinajstić information content (AvgIpc) is 2.20. The topological polar surface area (TPSA) is 61.6 Å². The van der Waals surface area contributed by atoms with Gasteiger partial charge in [-0.3, -0.25) is 4.79 Å². The summed E-state index contributed by atoms with van der Waals surface area (Å²) in [4.78, 5) is 11.1. The maximum absolute atomic E-state index is 11.1. The highest BCUT2D eigenvalue weighted by Crippen LogP contribution is 2.26. The van der Waals surface area contributed by atoms with Crippen LogP contribution in [0.4, 0.5) is 0 Å². The normalized spacial score (nSPS) is 11.0. The van der Waals surface area contributed by atoms with Crippen molar-refractivity contribution in [2.75, 3.05) is 7.11 Å². The summed E-state index contributed by atoms with van der Waals surface area (Å²) in [6.07, 6.45) is 0. The summed E-state index contributed by atoms with van der Waals surface area (Å²) in [7, 11) is 1.60. The molecule has 1 aromatic rings. The Morgan fingerprint density at radius 3 is 2.44 bits per heavy atom. The third-order valence-corrected chi connectivity index (χ3v) is 2.34. The first-order chi connectivity index (χ1) is 7.36. The second kappa shape index (κ2) is 4.43. The monoisotopic (exact) mass is 223 g/mol. The summed E-state index contributed by atoms with van der Waals surface area (Å²) < 4.78 is 10.6. The Balaban J connectivity index is 2.94. The minimum absolute atomic E-state index is 0.497. The lowest BCUT2D eigenvalue weighted by Gasteiger charge is -2.23. The second-order valence-corrected chi connectivity index (χ2v) is 4.11. The maximum atomic E-state index is 11.1. The van der Waals surface area contributed by atoms with Crippen LogP contribution in [0.3, 0.4) is 0 Å². The van der Waals surface area contributed by atoms with Crippen molar-refractivity contribution in [3.8, 4) is 11.5 Å². The van der Waals surface area contributed by atoms with Crippen LogP contribution in [0.2, 0.25) is 0 Å². The molecule has 4 nitrogen and oxygen atoms in total. The Kier molecular flexibility index (Phi) is 3.42. The van der Waals surface area contributed by atoms with Gasteiger partial charge in [-0.15, -0.1) is 0 Å². The van der Waals surface area contributed by atoms with Gasteiger partial charge in [-0.2, -0.15) is 0 Å². The average molecular weight is 223 g/mol. The summed E-state index contributed by atoms with van der Waals surface area (Å²) in [6, 6.07) is 5.38. The number of hydrogen-bond donors (Lipinski definition) is 1. The molecule has 1 rings (SSSR count). The van der Waals surface area contributed by atoms with Crippen molar-refractivity contribution in [2.45, 2.75) is 26.4 Å². The van der Waals surface area contributed by atoms with Crippen LogP contribution in [0.25, 0.3) is 0 Å². The Morgan fingerprint density at radius 2 is 2.00 bits per heavy atom. The Labute approximate surface area is 95.3 Å². The molecule has 0 saturated carbocycles. The number of carbonyl (C=O) groups is 1. The van der Waals surface area contributed by atoms with E-state index in [2.05, 4.69) is 0 Å². The van der Waals surface area contributed by atoms with Gasteiger partial charge in [0.25, 0.3) is 5.91 Å². The fourth-order valence-corrected chi connectivity index (χ4v) is 1.19. The molecule has 0 spiro atoms. The zero-order chi connectivity index (χ0) is 12.3. The number of hydrogen-bond acceptors (Lipinski definition) is 3. The molecule has 2 N–H and O–H groups in total. The van der Waals surface area contributed by atoms with Gasteiger partial charge in [-0.25, -0.2) is 0 Å². The molecule has 0 saturated heterocycles. The molecule has 0 aliphatic rings. The Bertz CT molecular complexity index is 399. The maximum Gasteiger partial charge on any atom is 0.261 e. The summed E-state index contributed by atoms with van der Waals surface area (Å²) in [5.74, 6) is 0.883. The number of rotatable bonds is 4. The number of ether oxygens (including phenoxy) is 2. The van der Waals surface area contributed by atoms with E-state index in [-0.39, 0.29) is 0 Å². The highest BCUT2D eigenvalue weighted by atomic mass is 16.5. The molecule has 88 valence electrons. The molecule has 0 aromatic heterocycles. The van der Waals surface area contributed by atoms with Gasteiger partial charge in [0.1, 0.15) is 11.5 Å².